The number of aryl methyl sites for hydroxylation is 1. The van der Waals surface area contributed by atoms with E-state index in [1.54, 1.807) is 36.2 Å². The summed E-state index contributed by atoms with van der Waals surface area (Å²) in [7, 11) is 1.72. The van der Waals surface area contributed by atoms with Crippen LogP contribution in [-0.2, 0) is 0 Å². The van der Waals surface area contributed by atoms with Gasteiger partial charge in [0.05, 0.1) is 11.6 Å². The number of carbonyl (C=O) groups is 1. The van der Waals surface area contributed by atoms with Crippen molar-refractivity contribution in [2.24, 2.45) is 0 Å². The van der Waals surface area contributed by atoms with Crippen molar-refractivity contribution in [2.75, 3.05) is 11.9 Å². The third-order valence-corrected chi connectivity index (χ3v) is 3.96. The second-order valence-corrected chi connectivity index (χ2v) is 5.34. The van der Waals surface area contributed by atoms with Crippen molar-refractivity contribution in [2.45, 2.75) is 6.92 Å². The molecule has 0 aromatic heterocycles. The van der Waals surface area contributed by atoms with Crippen LogP contribution in [0.5, 0.6) is 0 Å². The molecule has 0 unspecified atom stereocenters. The van der Waals surface area contributed by atoms with Gasteiger partial charge < -0.3 is 4.90 Å². The predicted octanol–water partition coefficient (Wildman–Crippen LogP) is 3.91. The molecule has 0 aliphatic heterocycles. The van der Waals surface area contributed by atoms with Crippen LogP contribution in [0.2, 0.25) is 0 Å². The smallest absolute Gasteiger partial charge is 0.258 e. The fourth-order valence-corrected chi connectivity index (χ4v) is 2.18. The number of halogens is 1. The molecule has 0 atom stereocenters. The first-order valence-corrected chi connectivity index (χ1v) is 6.86. The third kappa shape index (κ3) is 2.89. The normalized spacial score (nSPS) is 9.90. The minimum atomic E-state index is -0.0876. The minimum absolute atomic E-state index is 0.0876. The molecular formula is C16H13BrN2O. The fourth-order valence-electron chi connectivity index (χ4n) is 1.80. The van der Waals surface area contributed by atoms with Gasteiger partial charge in [0.15, 0.2) is 0 Å². The van der Waals surface area contributed by atoms with Gasteiger partial charge in [-0.1, -0.05) is 22.0 Å². The number of anilines is 1. The molecule has 0 saturated heterocycles. The second kappa shape index (κ2) is 5.89. The number of nitrogens with zero attached hydrogens (tertiary/aromatic N) is 2. The zero-order valence-corrected chi connectivity index (χ0v) is 12.8. The van der Waals surface area contributed by atoms with Gasteiger partial charge in [-0.25, -0.2) is 0 Å². The van der Waals surface area contributed by atoms with E-state index in [1.165, 1.54) is 0 Å². The standard InChI is InChI=1S/C16H13BrN2O/c1-11-3-6-13(9-15(11)17)16(20)19(2)14-7-4-12(10-18)5-8-14/h3-9H,1-2H3. The van der Waals surface area contributed by atoms with Crippen LogP contribution >= 0.6 is 15.9 Å². The highest BCUT2D eigenvalue weighted by atomic mass is 79.9. The summed E-state index contributed by atoms with van der Waals surface area (Å²) in [5.74, 6) is -0.0876. The van der Waals surface area contributed by atoms with Gasteiger partial charge in [-0.05, 0) is 48.9 Å². The molecule has 0 spiro atoms. The molecule has 4 heteroatoms. The van der Waals surface area contributed by atoms with Crippen LogP contribution in [0.3, 0.4) is 0 Å². The summed E-state index contributed by atoms with van der Waals surface area (Å²) in [5.41, 5.74) is 3.04. The zero-order valence-electron chi connectivity index (χ0n) is 11.2. The topological polar surface area (TPSA) is 44.1 Å². The van der Waals surface area contributed by atoms with Crippen LogP contribution in [0.1, 0.15) is 21.5 Å². The zero-order chi connectivity index (χ0) is 14.7. The quantitative estimate of drug-likeness (QED) is 0.838. The van der Waals surface area contributed by atoms with E-state index >= 15 is 0 Å². The number of rotatable bonds is 2. The maximum Gasteiger partial charge on any atom is 0.258 e. The van der Waals surface area contributed by atoms with Crippen LogP contribution in [-0.4, -0.2) is 13.0 Å². The fraction of sp³-hybridized carbons (Fsp3) is 0.125. The lowest BCUT2D eigenvalue weighted by Gasteiger charge is -2.17. The summed E-state index contributed by atoms with van der Waals surface area (Å²) in [6.07, 6.45) is 0. The first kappa shape index (κ1) is 14.3. The Labute approximate surface area is 126 Å². The van der Waals surface area contributed by atoms with Crippen molar-refractivity contribution >= 4 is 27.5 Å². The Balaban J connectivity index is 2.27. The van der Waals surface area contributed by atoms with E-state index in [0.29, 0.717) is 11.1 Å². The van der Waals surface area contributed by atoms with Gasteiger partial charge in [-0.15, -0.1) is 0 Å². The average molecular weight is 329 g/mol. The number of carbonyl (C=O) groups excluding carboxylic acids is 1. The van der Waals surface area contributed by atoms with Gasteiger partial charge >= 0.3 is 0 Å². The molecular weight excluding hydrogens is 316 g/mol. The largest absolute Gasteiger partial charge is 0.311 e. The molecule has 2 aromatic rings. The number of benzene rings is 2. The highest BCUT2D eigenvalue weighted by Crippen LogP contribution is 2.21. The van der Waals surface area contributed by atoms with E-state index < -0.39 is 0 Å². The van der Waals surface area contributed by atoms with Crippen molar-refractivity contribution in [3.8, 4) is 6.07 Å². The molecule has 0 saturated carbocycles. The first-order chi connectivity index (χ1) is 9.52. The lowest BCUT2D eigenvalue weighted by atomic mass is 10.1. The third-order valence-electron chi connectivity index (χ3n) is 3.11. The highest BCUT2D eigenvalue weighted by molar-refractivity contribution is 9.10. The van der Waals surface area contributed by atoms with Crippen LogP contribution in [0.4, 0.5) is 5.69 Å². The van der Waals surface area contributed by atoms with Gasteiger partial charge in [0.25, 0.3) is 5.91 Å². The van der Waals surface area contributed by atoms with Gasteiger partial charge in [0.1, 0.15) is 0 Å². The summed E-state index contributed by atoms with van der Waals surface area (Å²) in [5, 5.41) is 8.78. The van der Waals surface area contributed by atoms with Crippen molar-refractivity contribution in [3.63, 3.8) is 0 Å². The molecule has 0 bridgehead atoms. The molecule has 0 fully saturated rings. The van der Waals surface area contributed by atoms with E-state index in [0.717, 1.165) is 15.7 Å². The Morgan fingerprint density at radius 2 is 1.85 bits per heavy atom. The van der Waals surface area contributed by atoms with Crippen LogP contribution in [0.25, 0.3) is 0 Å². The van der Waals surface area contributed by atoms with Crippen molar-refractivity contribution < 1.29 is 4.79 Å². The number of hydrogen-bond donors (Lipinski definition) is 0. The molecule has 1 amide bonds. The maximum absolute atomic E-state index is 12.4. The lowest BCUT2D eigenvalue weighted by Crippen LogP contribution is -2.26. The van der Waals surface area contributed by atoms with E-state index in [1.807, 2.05) is 25.1 Å². The average Bonchev–Trinajstić information content (AvgIpc) is 2.48. The summed E-state index contributed by atoms with van der Waals surface area (Å²) in [6.45, 7) is 1.97. The minimum Gasteiger partial charge on any atom is -0.311 e. The summed E-state index contributed by atoms with van der Waals surface area (Å²) < 4.78 is 0.913. The highest BCUT2D eigenvalue weighted by Gasteiger charge is 2.14. The van der Waals surface area contributed by atoms with Crippen LogP contribution < -0.4 is 4.90 Å². The Hall–Kier alpha value is -2.12. The van der Waals surface area contributed by atoms with Crippen LogP contribution in [0, 0.1) is 18.3 Å². The SMILES string of the molecule is Cc1ccc(C(=O)N(C)c2ccc(C#N)cc2)cc1Br. The maximum atomic E-state index is 12.4. The predicted molar refractivity (Wildman–Crippen MR) is 82.8 cm³/mol. The molecule has 3 nitrogen and oxygen atoms in total. The summed E-state index contributed by atoms with van der Waals surface area (Å²) in [4.78, 5) is 14.0. The molecule has 2 aromatic carbocycles. The van der Waals surface area contributed by atoms with E-state index in [4.69, 9.17) is 5.26 Å². The van der Waals surface area contributed by atoms with Gasteiger partial charge in [0.2, 0.25) is 0 Å². The second-order valence-electron chi connectivity index (χ2n) is 4.49. The van der Waals surface area contributed by atoms with Crippen molar-refractivity contribution in [1.82, 2.24) is 0 Å². The van der Waals surface area contributed by atoms with Crippen molar-refractivity contribution in [1.29, 1.82) is 5.26 Å². The first-order valence-electron chi connectivity index (χ1n) is 6.07. The van der Waals surface area contributed by atoms with Crippen LogP contribution in [0.15, 0.2) is 46.9 Å². The van der Waals surface area contributed by atoms with Gasteiger partial charge in [0, 0.05) is 22.8 Å². The molecule has 0 aliphatic rings. The Bertz CT molecular complexity index is 687. The number of hydrogen-bond acceptors (Lipinski definition) is 2. The number of nitriles is 1. The molecule has 100 valence electrons. The molecule has 0 radical (unpaired) electrons. The van der Waals surface area contributed by atoms with E-state index in [-0.39, 0.29) is 5.91 Å². The Kier molecular flexibility index (Phi) is 4.21. The van der Waals surface area contributed by atoms with E-state index in [9.17, 15) is 4.79 Å². The van der Waals surface area contributed by atoms with Gasteiger partial charge in [-0.3, -0.25) is 4.79 Å². The molecule has 0 heterocycles. The lowest BCUT2D eigenvalue weighted by molar-refractivity contribution is 0.0993. The van der Waals surface area contributed by atoms with Crippen molar-refractivity contribution in [3.05, 3.63) is 63.6 Å². The Morgan fingerprint density at radius 3 is 2.40 bits per heavy atom. The summed E-state index contributed by atoms with van der Waals surface area (Å²) >= 11 is 3.43. The Morgan fingerprint density at radius 1 is 1.20 bits per heavy atom. The monoisotopic (exact) mass is 328 g/mol. The van der Waals surface area contributed by atoms with Gasteiger partial charge in [-0.2, -0.15) is 5.26 Å². The molecule has 0 aliphatic carbocycles. The number of amides is 1. The molecule has 2 rings (SSSR count). The molecule has 0 N–H and O–H groups in total. The molecule has 20 heavy (non-hydrogen) atoms. The van der Waals surface area contributed by atoms with E-state index in [2.05, 4.69) is 22.0 Å². The summed E-state index contributed by atoms with van der Waals surface area (Å²) in [6, 6.07) is 14.5.